The molecule has 100 valence electrons. The van der Waals surface area contributed by atoms with Crippen molar-refractivity contribution >= 4 is 0 Å². The van der Waals surface area contributed by atoms with Crippen LogP contribution in [0.15, 0.2) is 12.1 Å². The van der Waals surface area contributed by atoms with E-state index < -0.39 is 18.3 Å². The Hall–Kier alpha value is -1.17. The van der Waals surface area contributed by atoms with Gasteiger partial charge in [0.05, 0.1) is 25.9 Å². The van der Waals surface area contributed by atoms with Gasteiger partial charge in [-0.2, -0.15) is 0 Å². The summed E-state index contributed by atoms with van der Waals surface area (Å²) in [6.45, 7) is 1.40. The first-order chi connectivity index (χ1) is 8.56. The van der Waals surface area contributed by atoms with Crippen molar-refractivity contribution in [2.24, 2.45) is 0 Å². The van der Waals surface area contributed by atoms with Crippen LogP contribution >= 0.6 is 0 Å². The summed E-state index contributed by atoms with van der Waals surface area (Å²) in [6, 6.07) is 2.97. The Labute approximate surface area is 105 Å². The third-order valence-electron chi connectivity index (χ3n) is 3.26. The number of aliphatic hydroxyl groups is 2. The summed E-state index contributed by atoms with van der Waals surface area (Å²) in [5.41, 5.74) is 1.06. The Balaban J connectivity index is 2.31. The zero-order valence-corrected chi connectivity index (χ0v) is 10.4. The average molecular weight is 256 g/mol. The van der Waals surface area contributed by atoms with Gasteiger partial charge < -0.3 is 19.7 Å². The number of rotatable bonds is 3. The highest BCUT2D eigenvalue weighted by molar-refractivity contribution is 5.40. The monoisotopic (exact) mass is 256 g/mol. The molecule has 1 aliphatic heterocycles. The Morgan fingerprint density at radius 3 is 2.78 bits per heavy atom. The first kappa shape index (κ1) is 13.3. The molecule has 3 atom stereocenters. The number of aryl methyl sites for hydroxylation is 1. The van der Waals surface area contributed by atoms with Crippen LogP contribution in [0.25, 0.3) is 0 Å². The molecule has 1 aromatic rings. The van der Waals surface area contributed by atoms with E-state index in [-0.39, 0.29) is 12.4 Å². The Morgan fingerprint density at radius 2 is 2.22 bits per heavy atom. The van der Waals surface area contributed by atoms with Crippen molar-refractivity contribution in [1.82, 2.24) is 0 Å². The highest BCUT2D eigenvalue weighted by Gasteiger charge is 2.35. The smallest absolute Gasteiger partial charge is 0.126 e. The number of hydrogen-bond donors (Lipinski definition) is 2. The number of halogens is 1. The lowest BCUT2D eigenvalue weighted by molar-refractivity contribution is -0.0231. The van der Waals surface area contributed by atoms with Crippen LogP contribution in [0.5, 0.6) is 5.75 Å². The molecule has 1 aromatic carbocycles. The van der Waals surface area contributed by atoms with Gasteiger partial charge in [0.1, 0.15) is 17.7 Å². The summed E-state index contributed by atoms with van der Waals surface area (Å²) in [5, 5.41) is 18.7. The van der Waals surface area contributed by atoms with E-state index in [0.717, 1.165) is 0 Å². The van der Waals surface area contributed by atoms with Gasteiger partial charge in [-0.05, 0) is 24.6 Å². The predicted octanol–water partition coefficient (Wildman–Crippen LogP) is 1.33. The molecule has 18 heavy (non-hydrogen) atoms. The van der Waals surface area contributed by atoms with Gasteiger partial charge in [0, 0.05) is 12.0 Å². The number of methoxy groups -OCH3 is 1. The van der Waals surface area contributed by atoms with Crippen LogP contribution in [0.2, 0.25) is 0 Å². The topological polar surface area (TPSA) is 58.9 Å². The van der Waals surface area contributed by atoms with Crippen molar-refractivity contribution < 1.29 is 24.1 Å². The predicted molar refractivity (Wildman–Crippen MR) is 63.0 cm³/mol. The zero-order chi connectivity index (χ0) is 13.3. The Morgan fingerprint density at radius 1 is 1.50 bits per heavy atom. The van der Waals surface area contributed by atoms with Crippen LogP contribution in [0.4, 0.5) is 4.39 Å². The molecule has 0 bridgehead atoms. The fourth-order valence-electron chi connectivity index (χ4n) is 2.19. The summed E-state index contributed by atoms with van der Waals surface area (Å²) < 4.78 is 24.3. The number of aliphatic hydroxyl groups excluding tert-OH is 2. The minimum atomic E-state index is -0.742. The lowest BCUT2D eigenvalue weighted by atomic mass is 10.0. The van der Waals surface area contributed by atoms with Crippen molar-refractivity contribution in [3.05, 3.63) is 29.1 Å². The molecule has 3 unspecified atom stereocenters. The fraction of sp³-hybridized carbons (Fsp3) is 0.538. The van der Waals surface area contributed by atoms with Gasteiger partial charge in [0.2, 0.25) is 0 Å². The summed E-state index contributed by atoms with van der Waals surface area (Å²) >= 11 is 0. The summed E-state index contributed by atoms with van der Waals surface area (Å²) in [7, 11) is 1.51. The second kappa shape index (κ2) is 5.22. The molecule has 0 spiro atoms. The van der Waals surface area contributed by atoms with Crippen LogP contribution in [0, 0.1) is 12.7 Å². The van der Waals surface area contributed by atoms with Crippen LogP contribution < -0.4 is 4.74 Å². The first-order valence-corrected chi connectivity index (χ1v) is 5.85. The lowest BCUT2D eigenvalue weighted by Gasteiger charge is -2.16. The minimum Gasteiger partial charge on any atom is -0.496 e. The molecule has 4 nitrogen and oxygen atoms in total. The third kappa shape index (κ3) is 2.34. The van der Waals surface area contributed by atoms with E-state index in [1.807, 2.05) is 0 Å². The molecule has 0 radical (unpaired) electrons. The van der Waals surface area contributed by atoms with Crippen molar-refractivity contribution in [3.63, 3.8) is 0 Å². The van der Waals surface area contributed by atoms with Crippen LogP contribution in [0.1, 0.15) is 23.7 Å². The Kier molecular flexibility index (Phi) is 3.85. The maximum atomic E-state index is 13.6. The summed E-state index contributed by atoms with van der Waals surface area (Å²) in [4.78, 5) is 0. The molecular weight excluding hydrogens is 239 g/mol. The molecule has 0 aromatic heterocycles. The maximum absolute atomic E-state index is 13.6. The first-order valence-electron chi connectivity index (χ1n) is 5.85. The number of benzene rings is 1. The van der Waals surface area contributed by atoms with Crippen LogP contribution in [0.3, 0.4) is 0 Å². The molecule has 5 heteroatoms. The van der Waals surface area contributed by atoms with Gasteiger partial charge in [0.25, 0.3) is 0 Å². The molecule has 0 aliphatic carbocycles. The standard InChI is InChI=1S/C13H17FO4/c1-7-3-11(17-2)8(4-9(7)14)12-5-10(16)13(6-15)18-12/h3-4,10,12-13,15-16H,5-6H2,1-2H3. The normalized spacial score (nSPS) is 27.5. The number of hydrogen-bond acceptors (Lipinski definition) is 4. The molecule has 1 heterocycles. The van der Waals surface area contributed by atoms with Crippen molar-refractivity contribution in [1.29, 1.82) is 0 Å². The summed E-state index contributed by atoms with van der Waals surface area (Å²) in [5.74, 6) is 0.195. The molecule has 1 fully saturated rings. The van der Waals surface area contributed by atoms with E-state index in [1.165, 1.54) is 13.2 Å². The average Bonchev–Trinajstić information content (AvgIpc) is 2.73. The fourth-order valence-corrected chi connectivity index (χ4v) is 2.19. The highest BCUT2D eigenvalue weighted by atomic mass is 19.1. The second-order valence-electron chi connectivity index (χ2n) is 4.49. The molecule has 1 saturated heterocycles. The van der Waals surface area contributed by atoms with E-state index in [1.54, 1.807) is 13.0 Å². The second-order valence-corrected chi connectivity index (χ2v) is 4.49. The largest absolute Gasteiger partial charge is 0.496 e. The van der Waals surface area contributed by atoms with E-state index in [0.29, 0.717) is 23.3 Å². The minimum absolute atomic E-state index is 0.256. The Bertz CT molecular complexity index is 435. The number of ether oxygens (including phenoxy) is 2. The van der Waals surface area contributed by atoms with E-state index in [9.17, 15) is 9.50 Å². The van der Waals surface area contributed by atoms with Crippen molar-refractivity contribution in [3.8, 4) is 5.75 Å². The molecular formula is C13H17FO4. The van der Waals surface area contributed by atoms with Gasteiger partial charge in [-0.1, -0.05) is 0 Å². The molecule has 2 N–H and O–H groups in total. The van der Waals surface area contributed by atoms with Crippen LogP contribution in [-0.4, -0.2) is 36.1 Å². The quantitative estimate of drug-likeness (QED) is 0.856. The molecule has 2 rings (SSSR count). The molecule has 0 saturated carbocycles. The van der Waals surface area contributed by atoms with Crippen LogP contribution in [-0.2, 0) is 4.74 Å². The third-order valence-corrected chi connectivity index (χ3v) is 3.26. The molecule has 1 aliphatic rings. The summed E-state index contributed by atoms with van der Waals surface area (Å²) in [6.07, 6.45) is -1.50. The van der Waals surface area contributed by atoms with Gasteiger partial charge in [-0.3, -0.25) is 0 Å². The van der Waals surface area contributed by atoms with Gasteiger partial charge in [0.15, 0.2) is 0 Å². The van der Waals surface area contributed by atoms with E-state index in [2.05, 4.69) is 0 Å². The van der Waals surface area contributed by atoms with Crippen molar-refractivity contribution in [2.75, 3.05) is 13.7 Å². The van der Waals surface area contributed by atoms with Gasteiger partial charge in [-0.15, -0.1) is 0 Å². The van der Waals surface area contributed by atoms with E-state index in [4.69, 9.17) is 14.6 Å². The van der Waals surface area contributed by atoms with E-state index >= 15 is 0 Å². The highest BCUT2D eigenvalue weighted by Crippen LogP contribution is 2.38. The lowest BCUT2D eigenvalue weighted by Crippen LogP contribution is -2.24. The maximum Gasteiger partial charge on any atom is 0.126 e. The zero-order valence-electron chi connectivity index (χ0n) is 10.4. The SMILES string of the molecule is COc1cc(C)c(F)cc1C1CC(O)C(CO)O1. The van der Waals surface area contributed by atoms with Gasteiger partial charge in [-0.25, -0.2) is 4.39 Å². The van der Waals surface area contributed by atoms with Gasteiger partial charge >= 0.3 is 0 Å². The van der Waals surface area contributed by atoms with Crippen molar-refractivity contribution in [2.45, 2.75) is 31.7 Å². The molecule has 0 amide bonds.